The third-order valence-corrected chi connectivity index (χ3v) is 4.08. The molecule has 3 nitrogen and oxygen atoms in total. The van der Waals surface area contributed by atoms with Crippen molar-refractivity contribution in [2.24, 2.45) is 0 Å². The van der Waals surface area contributed by atoms with Crippen molar-refractivity contribution < 1.29 is 4.79 Å². The van der Waals surface area contributed by atoms with Gasteiger partial charge in [0.25, 0.3) is 0 Å². The van der Waals surface area contributed by atoms with Crippen LogP contribution in [0.15, 0.2) is 42.5 Å². The summed E-state index contributed by atoms with van der Waals surface area (Å²) < 4.78 is 0. The van der Waals surface area contributed by atoms with Gasteiger partial charge < -0.3 is 10.6 Å². The molecular weight excluding hydrogens is 284 g/mol. The number of benzene rings is 2. The van der Waals surface area contributed by atoms with E-state index in [1.807, 2.05) is 43.3 Å². The molecule has 1 aliphatic heterocycles. The van der Waals surface area contributed by atoms with Gasteiger partial charge in [-0.1, -0.05) is 35.9 Å². The van der Waals surface area contributed by atoms with E-state index in [1.165, 1.54) is 5.56 Å². The van der Waals surface area contributed by atoms with Gasteiger partial charge in [0.1, 0.15) is 6.04 Å². The van der Waals surface area contributed by atoms with Crippen molar-refractivity contribution in [3.63, 3.8) is 0 Å². The number of fused-ring (bicyclic) bond motifs is 1. The Hall–Kier alpha value is -2.00. The standard InChI is InChI=1S/C17H17ClN2O/c1-11-6-8-13(18)16(10-11)19-15-9-7-12-4-2-3-5-14(12)20-17(15)21/h2-6,8,10,15,19H,7,9H2,1H3,(H,20,21). The summed E-state index contributed by atoms with van der Waals surface area (Å²) in [5, 5.41) is 6.89. The predicted molar refractivity (Wildman–Crippen MR) is 87.0 cm³/mol. The number of para-hydroxylation sites is 1. The fourth-order valence-electron chi connectivity index (χ4n) is 2.59. The van der Waals surface area contributed by atoms with Crippen LogP contribution in [0.25, 0.3) is 0 Å². The van der Waals surface area contributed by atoms with Gasteiger partial charge in [-0.05, 0) is 49.1 Å². The molecule has 1 unspecified atom stereocenters. The molecule has 1 aliphatic rings. The number of halogens is 1. The van der Waals surface area contributed by atoms with Crippen molar-refractivity contribution in [2.75, 3.05) is 10.6 Å². The van der Waals surface area contributed by atoms with Crippen molar-refractivity contribution >= 4 is 28.9 Å². The van der Waals surface area contributed by atoms with E-state index in [4.69, 9.17) is 11.6 Å². The number of hydrogen-bond donors (Lipinski definition) is 2. The molecule has 0 saturated heterocycles. The molecular formula is C17H17ClN2O. The lowest BCUT2D eigenvalue weighted by molar-refractivity contribution is -0.116. The minimum atomic E-state index is -0.281. The second-order valence-corrected chi connectivity index (χ2v) is 5.77. The summed E-state index contributed by atoms with van der Waals surface area (Å²) in [4.78, 5) is 12.4. The smallest absolute Gasteiger partial charge is 0.246 e. The summed E-state index contributed by atoms with van der Waals surface area (Å²) in [6.45, 7) is 2.00. The maximum Gasteiger partial charge on any atom is 0.246 e. The first-order chi connectivity index (χ1) is 10.1. The van der Waals surface area contributed by atoms with E-state index in [2.05, 4.69) is 16.7 Å². The fourth-order valence-corrected chi connectivity index (χ4v) is 2.76. The van der Waals surface area contributed by atoms with Crippen molar-refractivity contribution in [3.05, 3.63) is 58.6 Å². The van der Waals surface area contributed by atoms with Crippen molar-refractivity contribution in [1.29, 1.82) is 0 Å². The molecule has 3 rings (SSSR count). The number of anilines is 2. The minimum Gasteiger partial charge on any atom is -0.372 e. The number of aryl methyl sites for hydroxylation is 2. The molecule has 0 fully saturated rings. The van der Waals surface area contributed by atoms with Gasteiger partial charge in [0.15, 0.2) is 0 Å². The van der Waals surface area contributed by atoms with Crippen LogP contribution in [-0.2, 0) is 11.2 Å². The molecule has 0 radical (unpaired) electrons. The van der Waals surface area contributed by atoms with E-state index < -0.39 is 0 Å². The Morgan fingerprint density at radius 1 is 1.24 bits per heavy atom. The number of carbonyl (C=O) groups excluding carboxylic acids is 1. The van der Waals surface area contributed by atoms with Gasteiger partial charge in [-0.3, -0.25) is 4.79 Å². The maximum atomic E-state index is 12.4. The van der Waals surface area contributed by atoms with E-state index in [0.717, 1.165) is 29.8 Å². The molecule has 1 atom stereocenters. The Balaban J connectivity index is 1.81. The van der Waals surface area contributed by atoms with Gasteiger partial charge >= 0.3 is 0 Å². The highest BCUT2D eigenvalue weighted by Crippen LogP contribution is 2.27. The van der Waals surface area contributed by atoms with Crippen LogP contribution >= 0.6 is 11.6 Å². The van der Waals surface area contributed by atoms with E-state index in [0.29, 0.717) is 5.02 Å². The predicted octanol–water partition coefficient (Wildman–Crippen LogP) is 4.01. The SMILES string of the molecule is Cc1ccc(Cl)c(NC2CCc3ccccc3NC2=O)c1. The zero-order valence-electron chi connectivity index (χ0n) is 11.8. The average Bonchev–Trinajstić information content (AvgIpc) is 2.62. The van der Waals surface area contributed by atoms with Crippen LogP contribution in [0.4, 0.5) is 11.4 Å². The molecule has 2 N–H and O–H groups in total. The second-order valence-electron chi connectivity index (χ2n) is 5.37. The Bertz CT molecular complexity index is 684. The number of hydrogen-bond acceptors (Lipinski definition) is 2. The number of carbonyl (C=O) groups is 1. The summed E-state index contributed by atoms with van der Waals surface area (Å²) in [5.74, 6) is -0.0162. The lowest BCUT2D eigenvalue weighted by Gasteiger charge is -2.18. The first-order valence-electron chi connectivity index (χ1n) is 7.05. The summed E-state index contributed by atoms with van der Waals surface area (Å²) in [6, 6.07) is 13.4. The van der Waals surface area contributed by atoms with Crippen molar-refractivity contribution in [3.8, 4) is 0 Å². The average molecular weight is 301 g/mol. The Labute approximate surface area is 129 Å². The van der Waals surface area contributed by atoms with Gasteiger partial charge in [0.2, 0.25) is 5.91 Å². The molecule has 0 aromatic heterocycles. The quantitative estimate of drug-likeness (QED) is 0.879. The van der Waals surface area contributed by atoms with Crippen LogP contribution in [0, 0.1) is 6.92 Å². The van der Waals surface area contributed by atoms with Gasteiger partial charge in [0.05, 0.1) is 10.7 Å². The summed E-state index contributed by atoms with van der Waals surface area (Å²) >= 11 is 6.20. The monoisotopic (exact) mass is 300 g/mol. The van der Waals surface area contributed by atoms with Crippen LogP contribution in [0.5, 0.6) is 0 Å². The van der Waals surface area contributed by atoms with E-state index in [9.17, 15) is 4.79 Å². The van der Waals surface area contributed by atoms with Crippen LogP contribution < -0.4 is 10.6 Å². The Morgan fingerprint density at radius 2 is 2.05 bits per heavy atom. The molecule has 21 heavy (non-hydrogen) atoms. The lowest BCUT2D eigenvalue weighted by atomic mass is 10.1. The Morgan fingerprint density at radius 3 is 2.90 bits per heavy atom. The Kier molecular flexibility index (Phi) is 3.84. The summed E-state index contributed by atoms with van der Waals surface area (Å²) in [7, 11) is 0. The van der Waals surface area contributed by atoms with E-state index in [1.54, 1.807) is 0 Å². The molecule has 0 bridgehead atoms. The summed E-state index contributed by atoms with van der Waals surface area (Å²) in [5.41, 5.74) is 4.00. The first-order valence-corrected chi connectivity index (χ1v) is 7.43. The third kappa shape index (κ3) is 3.03. The zero-order chi connectivity index (χ0) is 14.8. The molecule has 1 amide bonds. The van der Waals surface area contributed by atoms with Gasteiger partial charge in [-0.2, -0.15) is 0 Å². The van der Waals surface area contributed by atoms with Gasteiger partial charge in [-0.25, -0.2) is 0 Å². The van der Waals surface area contributed by atoms with Crippen LogP contribution in [0.1, 0.15) is 17.5 Å². The van der Waals surface area contributed by atoms with Crippen molar-refractivity contribution in [1.82, 2.24) is 0 Å². The summed E-state index contributed by atoms with van der Waals surface area (Å²) in [6.07, 6.45) is 1.60. The highest BCUT2D eigenvalue weighted by atomic mass is 35.5. The normalized spacial score (nSPS) is 17.6. The maximum absolute atomic E-state index is 12.4. The molecule has 4 heteroatoms. The van der Waals surface area contributed by atoms with Crippen molar-refractivity contribution in [2.45, 2.75) is 25.8 Å². The second kappa shape index (κ2) is 5.78. The lowest BCUT2D eigenvalue weighted by Crippen LogP contribution is -2.33. The first kappa shape index (κ1) is 14.0. The molecule has 2 aromatic carbocycles. The highest BCUT2D eigenvalue weighted by Gasteiger charge is 2.23. The topological polar surface area (TPSA) is 41.1 Å². The van der Waals surface area contributed by atoms with E-state index in [-0.39, 0.29) is 11.9 Å². The molecule has 108 valence electrons. The largest absolute Gasteiger partial charge is 0.372 e. The van der Waals surface area contributed by atoms with Gasteiger partial charge in [0, 0.05) is 5.69 Å². The molecule has 0 saturated carbocycles. The number of amides is 1. The molecule has 0 spiro atoms. The molecule has 0 aliphatic carbocycles. The highest BCUT2D eigenvalue weighted by molar-refractivity contribution is 6.33. The fraction of sp³-hybridized carbons (Fsp3) is 0.235. The minimum absolute atomic E-state index is 0.0162. The number of nitrogens with one attached hydrogen (secondary N) is 2. The van der Waals surface area contributed by atoms with Gasteiger partial charge in [-0.15, -0.1) is 0 Å². The molecule has 1 heterocycles. The van der Waals surface area contributed by atoms with Crippen LogP contribution in [-0.4, -0.2) is 11.9 Å². The molecule has 2 aromatic rings. The van der Waals surface area contributed by atoms with Crippen LogP contribution in [0.2, 0.25) is 5.02 Å². The van der Waals surface area contributed by atoms with E-state index >= 15 is 0 Å². The number of rotatable bonds is 2. The zero-order valence-corrected chi connectivity index (χ0v) is 12.6. The third-order valence-electron chi connectivity index (χ3n) is 3.75. The van der Waals surface area contributed by atoms with Crippen LogP contribution in [0.3, 0.4) is 0 Å².